The molecule has 1 aliphatic rings. The van der Waals surface area contributed by atoms with Gasteiger partial charge in [0, 0.05) is 11.5 Å². The number of aromatic nitrogens is 1. The largest absolute Gasteiger partial charge is 0.360 e. The maximum Gasteiger partial charge on any atom is 0.263 e. The molecule has 4 rings (SSSR count). The highest BCUT2D eigenvalue weighted by molar-refractivity contribution is 7.80. The molecule has 2 atom stereocenters. The summed E-state index contributed by atoms with van der Waals surface area (Å²) in [7, 11) is 0. The van der Waals surface area contributed by atoms with E-state index in [1.165, 1.54) is 0 Å². The number of thiocarbonyl (C=S) groups is 1. The van der Waals surface area contributed by atoms with E-state index < -0.39 is 5.91 Å². The smallest absolute Gasteiger partial charge is 0.263 e. The molecule has 3 aromatic rings. The van der Waals surface area contributed by atoms with Crippen molar-refractivity contribution in [2.24, 2.45) is 5.92 Å². The van der Waals surface area contributed by atoms with Crippen LogP contribution in [0.15, 0.2) is 65.2 Å². The van der Waals surface area contributed by atoms with E-state index in [1.807, 2.05) is 60.7 Å². The third kappa shape index (κ3) is 4.23. The lowest BCUT2D eigenvalue weighted by atomic mass is 10.1. The Morgan fingerprint density at radius 2 is 1.70 bits per heavy atom. The third-order valence-electron chi connectivity index (χ3n) is 5.02. The van der Waals surface area contributed by atoms with E-state index in [0.717, 1.165) is 17.5 Å². The molecule has 7 nitrogen and oxygen atoms in total. The molecule has 1 heterocycles. The third-order valence-corrected chi connectivity index (χ3v) is 5.22. The molecule has 30 heavy (non-hydrogen) atoms. The number of nitrogens with zero attached hydrogens (tertiary/aromatic N) is 1. The summed E-state index contributed by atoms with van der Waals surface area (Å²) in [6, 6.07) is 19.2. The molecular formula is C22H20N4O3S. The van der Waals surface area contributed by atoms with Crippen LogP contribution in [-0.2, 0) is 4.79 Å². The highest BCUT2D eigenvalue weighted by atomic mass is 32.1. The number of benzene rings is 2. The van der Waals surface area contributed by atoms with Gasteiger partial charge in [-0.25, -0.2) is 0 Å². The van der Waals surface area contributed by atoms with Crippen molar-refractivity contribution in [3.63, 3.8) is 0 Å². The van der Waals surface area contributed by atoms with E-state index in [0.29, 0.717) is 17.0 Å². The number of aryl methyl sites for hydroxylation is 1. The van der Waals surface area contributed by atoms with Crippen LogP contribution in [0.5, 0.6) is 0 Å². The van der Waals surface area contributed by atoms with Gasteiger partial charge in [0.25, 0.3) is 5.91 Å². The van der Waals surface area contributed by atoms with Crippen LogP contribution in [-0.4, -0.2) is 22.1 Å². The van der Waals surface area contributed by atoms with Crippen LogP contribution >= 0.6 is 12.2 Å². The number of nitrogens with one attached hydrogen (secondary N) is 3. The molecule has 1 aliphatic carbocycles. The van der Waals surface area contributed by atoms with Gasteiger partial charge in [0.15, 0.2) is 5.11 Å². The van der Waals surface area contributed by atoms with Crippen molar-refractivity contribution < 1.29 is 14.1 Å². The maximum absolute atomic E-state index is 12.7. The summed E-state index contributed by atoms with van der Waals surface area (Å²) in [5, 5.41) is 6.54. The average molecular weight is 420 g/mol. The van der Waals surface area contributed by atoms with Crippen molar-refractivity contribution in [3.8, 4) is 11.3 Å². The minimum atomic E-state index is -0.465. The first-order valence-electron chi connectivity index (χ1n) is 9.52. The number of hydrogen-bond donors (Lipinski definition) is 3. The van der Waals surface area contributed by atoms with Crippen LogP contribution in [0.25, 0.3) is 11.3 Å². The molecule has 1 aromatic heterocycles. The molecule has 2 aromatic carbocycles. The first kappa shape index (κ1) is 19.8. The van der Waals surface area contributed by atoms with Gasteiger partial charge < -0.3 is 4.52 Å². The van der Waals surface area contributed by atoms with Crippen molar-refractivity contribution in [2.45, 2.75) is 19.3 Å². The van der Waals surface area contributed by atoms with E-state index in [-0.39, 0.29) is 22.9 Å². The van der Waals surface area contributed by atoms with Gasteiger partial charge in [-0.1, -0.05) is 65.8 Å². The Balaban J connectivity index is 1.33. The highest BCUT2D eigenvalue weighted by Gasteiger charge is 2.43. The van der Waals surface area contributed by atoms with E-state index in [1.54, 1.807) is 6.92 Å². The summed E-state index contributed by atoms with van der Waals surface area (Å²) >= 11 is 5.15. The van der Waals surface area contributed by atoms with E-state index in [2.05, 4.69) is 21.3 Å². The van der Waals surface area contributed by atoms with Crippen LogP contribution in [0, 0.1) is 12.8 Å². The van der Waals surface area contributed by atoms with Crippen LogP contribution in [0.4, 0.5) is 0 Å². The summed E-state index contributed by atoms with van der Waals surface area (Å²) < 4.78 is 5.20. The molecule has 152 valence electrons. The van der Waals surface area contributed by atoms with E-state index in [9.17, 15) is 9.59 Å². The lowest BCUT2D eigenvalue weighted by molar-refractivity contribution is -0.123. The minimum Gasteiger partial charge on any atom is -0.360 e. The fraction of sp³-hybridized carbons (Fsp3) is 0.182. The van der Waals surface area contributed by atoms with E-state index in [4.69, 9.17) is 16.7 Å². The van der Waals surface area contributed by atoms with Gasteiger partial charge in [-0.15, -0.1) is 0 Å². The second-order valence-corrected chi connectivity index (χ2v) is 7.49. The predicted molar refractivity (Wildman–Crippen MR) is 115 cm³/mol. The summed E-state index contributed by atoms with van der Waals surface area (Å²) in [6.07, 6.45) is 0.789. The number of hydrogen-bond acceptors (Lipinski definition) is 5. The number of carbonyl (C=O) groups excluding carboxylic acids is 2. The van der Waals surface area contributed by atoms with Gasteiger partial charge in [-0.05, 0) is 37.0 Å². The fourth-order valence-electron chi connectivity index (χ4n) is 3.39. The SMILES string of the molecule is Cc1onc(-c2ccccc2)c1C(=O)NC(=S)NNC(=O)[C@@H]1C[C@H]1c1ccccc1. The first-order valence-corrected chi connectivity index (χ1v) is 9.93. The Morgan fingerprint density at radius 1 is 1.03 bits per heavy atom. The molecule has 2 amide bonds. The standard InChI is InChI=1S/C22H20N4O3S/c1-13-18(19(26-29-13)15-10-6-3-7-11-15)21(28)23-22(30)25-24-20(27)17-12-16(17)14-8-4-2-5-9-14/h2-11,16-17H,12H2,1H3,(H,24,27)(H2,23,25,28,30)/t16-,17+/m0/s1. The molecule has 0 aliphatic heterocycles. The molecule has 0 spiro atoms. The monoisotopic (exact) mass is 420 g/mol. The fourth-order valence-corrected chi connectivity index (χ4v) is 3.54. The predicted octanol–water partition coefficient (Wildman–Crippen LogP) is 3.09. The quantitative estimate of drug-likeness (QED) is 0.443. The lowest BCUT2D eigenvalue weighted by Gasteiger charge is -2.11. The Hall–Kier alpha value is -3.52. The zero-order valence-electron chi connectivity index (χ0n) is 16.2. The summed E-state index contributed by atoms with van der Waals surface area (Å²) in [6.45, 7) is 1.66. The van der Waals surface area contributed by atoms with Gasteiger partial charge in [0.1, 0.15) is 17.0 Å². The second-order valence-electron chi connectivity index (χ2n) is 7.09. The second kappa shape index (κ2) is 8.46. The molecule has 8 heteroatoms. The first-order chi connectivity index (χ1) is 14.5. The van der Waals surface area contributed by atoms with Gasteiger partial charge in [0.05, 0.1) is 0 Å². The topological polar surface area (TPSA) is 96.3 Å². The number of amides is 2. The molecule has 1 fully saturated rings. The van der Waals surface area contributed by atoms with Gasteiger partial charge >= 0.3 is 0 Å². The van der Waals surface area contributed by atoms with Gasteiger partial charge in [0.2, 0.25) is 5.91 Å². The van der Waals surface area contributed by atoms with Crippen LogP contribution in [0.3, 0.4) is 0 Å². The van der Waals surface area contributed by atoms with Crippen molar-refractivity contribution in [3.05, 3.63) is 77.6 Å². The molecule has 0 radical (unpaired) electrons. The average Bonchev–Trinajstić information content (AvgIpc) is 3.48. The maximum atomic E-state index is 12.7. The van der Waals surface area contributed by atoms with Crippen LogP contribution < -0.4 is 16.2 Å². The van der Waals surface area contributed by atoms with Crippen LogP contribution in [0.1, 0.15) is 34.0 Å². The summed E-state index contributed by atoms with van der Waals surface area (Å²) in [5.74, 6) is -0.144. The Bertz CT molecular complexity index is 1080. The minimum absolute atomic E-state index is 0.00938. The normalized spacial score (nSPS) is 17.1. The van der Waals surface area contributed by atoms with E-state index >= 15 is 0 Å². The number of carbonyl (C=O) groups is 2. The Kier molecular flexibility index (Phi) is 5.58. The zero-order valence-corrected chi connectivity index (χ0v) is 17.0. The number of hydrazine groups is 1. The van der Waals surface area contributed by atoms with Crippen molar-refractivity contribution in [1.82, 2.24) is 21.3 Å². The molecular weight excluding hydrogens is 400 g/mol. The van der Waals surface area contributed by atoms with Crippen molar-refractivity contribution in [1.29, 1.82) is 0 Å². The van der Waals surface area contributed by atoms with Crippen molar-refractivity contribution >= 4 is 29.1 Å². The summed E-state index contributed by atoms with van der Waals surface area (Å²) in [5.41, 5.74) is 7.79. The van der Waals surface area contributed by atoms with Gasteiger partial charge in [-0.3, -0.25) is 25.8 Å². The molecule has 1 saturated carbocycles. The molecule has 3 N–H and O–H groups in total. The summed E-state index contributed by atoms with van der Waals surface area (Å²) in [4.78, 5) is 25.0. The molecule has 0 unspecified atom stereocenters. The van der Waals surface area contributed by atoms with Crippen LogP contribution in [0.2, 0.25) is 0 Å². The Morgan fingerprint density at radius 3 is 2.40 bits per heavy atom. The molecule has 0 saturated heterocycles. The number of rotatable bonds is 4. The van der Waals surface area contributed by atoms with Gasteiger partial charge in [-0.2, -0.15) is 0 Å². The van der Waals surface area contributed by atoms with Crippen molar-refractivity contribution in [2.75, 3.05) is 0 Å². The Labute approximate surface area is 178 Å². The zero-order chi connectivity index (χ0) is 21.1. The lowest BCUT2D eigenvalue weighted by Crippen LogP contribution is -2.49. The molecule has 0 bridgehead atoms. The highest BCUT2D eigenvalue weighted by Crippen LogP contribution is 2.47.